The third-order valence-corrected chi connectivity index (χ3v) is 2.68. The molecular formula is C14H7F3N2O3. The molecule has 2 aromatic rings. The quantitative estimate of drug-likeness (QED) is 0.626. The molecule has 8 heteroatoms. The van der Waals surface area contributed by atoms with Crippen LogP contribution in [0.5, 0.6) is 11.5 Å². The van der Waals surface area contributed by atoms with Crippen LogP contribution in [0.3, 0.4) is 0 Å². The van der Waals surface area contributed by atoms with E-state index in [-0.39, 0.29) is 22.7 Å². The molecule has 0 aliphatic heterocycles. The van der Waals surface area contributed by atoms with Gasteiger partial charge in [0.05, 0.1) is 10.5 Å². The van der Waals surface area contributed by atoms with Crippen molar-refractivity contribution in [1.29, 1.82) is 5.26 Å². The van der Waals surface area contributed by atoms with Crippen molar-refractivity contribution in [2.24, 2.45) is 0 Å². The van der Waals surface area contributed by atoms with E-state index in [0.29, 0.717) is 0 Å². The number of benzene rings is 2. The third-order valence-electron chi connectivity index (χ3n) is 2.68. The van der Waals surface area contributed by atoms with Crippen LogP contribution in [0, 0.1) is 21.4 Å². The van der Waals surface area contributed by atoms with E-state index in [1.807, 2.05) is 0 Å². The van der Waals surface area contributed by atoms with Crippen molar-refractivity contribution >= 4 is 5.69 Å². The van der Waals surface area contributed by atoms with Gasteiger partial charge in [0.15, 0.2) is 0 Å². The highest BCUT2D eigenvalue weighted by Crippen LogP contribution is 2.34. The fourth-order valence-corrected chi connectivity index (χ4v) is 1.67. The Kier molecular flexibility index (Phi) is 3.99. The van der Waals surface area contributed by atoms with Crippen LogP contribution in [-0.2, 0) is 6.18 Å². The number of hydrogen-bond acceptors (Lipinski definition) is 4. The lowest BCUT2D eigenvalue weighted by Crippen LogP contribution is -2.04. The van der Waals surface area contributed by atoms with Gasteiger partial charge in [-0.2, -0.15) is 18.4 Å². The van der Waals surface area contributed by atoms with Crippen molar-refractivity contribution in [2.75, 3.05) is 0 Å². The molecule has 0 amide bonds. The van der Waals surface area contributed by atoms with E-state index in [0.717, 1.165) is 36.4 Å². The number of nitro benzene ring substituents is 1. The van der Waals surface area contributed by atoms with Crippen molar-refractivity contribution in [2.45, 2.75) is 6.18 Å². The zero-order valence-corrected chi connectivity index (χ0v) is 10.8. The van der Waals surface area contributed by atoms with Crippen molar-refractivity contribution < 1.29 is 22.8 Å². The summed E-state index contributed by atoms with van der Waals surface area (Å²) in [4.78, 5) is 9.94. The van der Waals surface area contributed by atoms with Crippen LogP contribution in [-0.4, -0.2) is 4.92 Å². The molecule has 5 nitrogen and oxygen atoms in total. The van der Waals surface area contributed by atoms with Crippen molar-refractivity contribution in [3.05, 3.63) is 63.7 Å². The number of non-ortho nitro benzene ring substituents is 1. The Bertz CT molecular complexity index is 767. The topological polar surface area (TPSA) is 76.2 Å². The number of rotatable bonds is 3. The Balaban J connectivity index is 2.36. The first kappa shape index (κ1) is 15.3. The second-order valence-electron chi connectivity index (χ2n) is 4.18. The van der Waals surface area contributed by atoms with Crippen LogP contribution in [0.2, 0.25) is 0 Å². The van der Waals surface area contributed by atoms with E-state index in [1.165, 1.54) is 6.07 Å². The number of nitriles is 1. The molecular weight excluding hydrogens is 301 g/mol. The van der Waals surface area contributed by atoms with Crippen molar-refractivity contribution in [3.63, 3.8) is 0 Å². The number of nitrogens with zero attached hydrogens (tertiary/aromatic N) is 2. The Labute approximate surface area is 122 Å². The van der Waals surface area contributed by atoms with Crippen LogP contribution in [0.4, 0.5) is 18.9 Å². The number of nitro groups is 1. The maximum Gasteiger partial charge on any atom is 0.416 e. The van der Waals surface area contributed by atoms with Gasteiger partial charge in [0.25, 0.3) is 5.69 Å². The first-order chi connectivity index (χ1) is 10.3. The molecule has 2 aromatic carbocycles. The number of ether oxygens (including phenoxy) is 1. The Morgan fingerprint density at radius 1 is 1.18 bits per heavy atom. The lowest BCUT2D eigenvalue weighted by atomic mass is 10.2. The van der Waals surface area contributed by atoms with Crippen LogP contribution in [0.25, 0.3) is 0 Å². The third kappa shape index (κ3) is 3.32. The molecule has 0 saturated carbocycles. The maximum absolute atomic E-state index is 12.6. The summed E-state index contributed by atoms with van der Waals surface area (Å²) in [5.41, 5.74) is -1.36. The van der Waals surface area contributed by atoms with Crippen molar-refractivity contribution in [3.8, 4) is 17.6 Å². The van der Waals surface area contributed by atoms with Gasteiger partial charge in [-0.3, -0.25) is 10.1 Å². The van der Waals surface area contributed by atoms with Gasteiger partial charge in [0.1, 0.15) is 23.1 Å². The summed E-state index contributed by atoms with van der Waals surface area (Å²) in [6.45, 7) is 0. The SMILES string of the molecule is N#Cc1cc([N+](=O)[O-])ccc1Oc1cccc(C(F)(F)F)c1. The summed E-state index contributed by atoms with van der Waals surface area (Å²) < 4.78 is 43.1. The number of hydrogen-bond donors (Lipinski definition) is 0. The molecule has 0 fully saturated rings. The molecule has 22 heavy (non-hydrogen) atoms. The van der Waals surface area contributed by atoms with E-state index < -0.39 is 16.7 Å². The van der Waals surface area contributed by atoms with Gasteiger partial charge in [0, 0.05) is 12.1 Å². The standard InChI is InChI=1S/C14H7F3N2O3/c15-14(16,17)10-2-1-3-12(7-10)22-13-5-4-11(19(20)21)6-9(13)8-18/h1-7H. The van der Waals surface area contributed by atoms with Crippen LogP contribution in [0.1, 0.15) is 11.1 Å². The Hall–Kier alpha value is -3.08. The maximum atomic E-state index is 12.6. The molecule has 2 rings (SSSR count). The molecule has 0 N–H and O–H groups in total. The van der Waals surface area contributed by atoms with Gasteiger partial charge < -0.3 is 4.74 Å². The van der Waals surface area contributed by atoms with E-state index >= 15 is 0 Å². The zero-order chi connectivity index (χ0) is 16.3. The lowest BCUT2D eigenvalue weighted by Gasteiger charge is -2.10. The second kappa shape index (κ2) is 5.73. The van der Waals surface area contributed by atoms with E-state index in [2.05, 4.69) is 0 Å². The zero-order valence-electron chi connectivity index (χ0n) is 10.8. The van der Waals surface area contributed by atoms with Gasteiger partial charge in [-0.15, -0.1) is 0 Å². The van der Waals surface area contributed by atoms with E-state index in [1.54, 1.807) is 6.07 Å². The average Bonchev–Trinajstić information content (AvgIpc) is 2.47. The largest absolute Gasteiger partial charge is 0.456 e. The molecule has 0 spiro atoms. The Morgan fingerprint density at radius 2 is 1.91 bits per heavy atom. The highest BCUT2D eigenvalue weighted by atomic mass is 19.4. The fraction of sp³-hybridized carbons (Fsp3) is 0.0714. The second-order valence-corrected chi connectivity index (χ2v) is 4.18. The van der Waals surface area contributed by atoms with Gasteiger partial charge >= 0.3 is 6.18 Å². The number of alkyl halides is 3. The van der Waals surface area contributed by atoms with E-state index in [4.69, 9.17) is 10.00 Å². The normalized spacial score (nSPS) is 10.8. The molecule has 0 aliphatic rings. The fourth-order valence-electron chi connectivity index (χ4n) is 1.67. The minimum atomic E-state index is -4.52. The average molecular weight is 308 g/mol. The molecule has 0 unspecified atom stereocenters. The minimum Gasteiger partial charge on any atom is -0.456 e. The summed E-state index contributed by atoms with van der Waals surface area (Å²) >= 11 is 0. The molecule has 0 radical (unpaired) electrons. The summed E-state index contributed by atoms with van der Waals surface area (Å²) in [6.07, 6.45) is -4.52. The molecule has 112 valence electrons. The summed E-state index contributed by atoms with van der Waals surface area (Å²) in [6, 6.07) is 9.07. The highest BCUT2D eigenvalue weighted by molar-refractivity contribution is 5.51. The smallest absolute Gasteiger partial charge is 0.416 e. The highest BCUT2D eigenvalue weighted by Gasteiger charge is 2.30. The van der Waals surface area contributed by atoms with Gasteiger partial charge in [-0.25, -0.2) is 0 Å². The van der Waals surface area contributed by atoms with Gasteiger partial charge in [-0.1, -0.05) is 6.07 Å². The predicted octanol–water partition coefficient (Wildman–Crippen LogP) is 4.28. The molecule has 0 aromatic heterocycles. The first-order valence-corrected chi connectivity index (χ1v) is 5.85. The molecule has 0 atom stereocenters. The predicted molar refractivity (Wildman–Crippen MR) is 69.3 cm³/mol. The van der Waals surface area contributed by atoms with Crippen LogP contribution in [0.15, 0.2) is 42.5 Å². The monoisotopic (exact) mass is 308 g/mol. The van der Waals surface area contributed by atoms with Crippen LogP contribution >= 0.6 is 0 Å². The molecule has 0 bridgehead atoms. The van der Waals surface area contributed by atoms with Gasteiger partial charge in [0.2, 0.25) is 0 Å². The molecule has 0 saturated heterocycles. The van der Waals surface area contributed by atoms with Crippen molar-refractivity contribution in [1.82, 2.24) is 0 Å². The molecule has 0 heterocycles. The van der Waals surface area contributed by atoms with E-state index in [9.17, 15) is 23.3 Å². The van der Waals surface area contributed by atoms with Gasteiger partial charge in [-0.05, 0) is 24.3 Å². The Morgan fingerprint density at radius 3 is 2.50 bits per heavy atom. The summed E-state index contributed by atoms with van der Waals surface area (Å²) in [5.74, 6) is -0.187. The number of halogens is 3. The summed E-state index contributed by atoms with van der Waals surface area (Å²) in [7, 11) is 0. The first-order valence-electron chi connectivity index (χ1n) is 5.85. The summed E-state index contributed by atoms with van der Waals surface area (Å²) in [5, 5.41) is 19.6. The molecule has 0 aliphatic carbocycles. The van der Waals surface area contributed by atoms with Crippen LogP contribution < -0.4 is 4.74 Å². The minimum absolute atomic E-state index is 0.0626. The lowest BCUT2D eigenvalue weighted by molar-refractivity contribution is -0.384.